The van der Waals surface area contributed by atoms with Crippen molar-refractivity contribution in [2.75, 3.05) is 10.8 Å². The number of halogens is 2. The fraction of sp³-hybridized carbons (Fsp3) is 0.333. The third-order valence-electron chi connectivity index (χ3n) is 6.71. The van der Waals surface area contributed by atoms with E-state index < -0.39 is 28.5 Å². The molecule has 3 aromatic carbocycles. The summed E-state index contributed by atoms with van der Waals surface area (Å²) in [5.41, 5.74) is 2.80. The number of nitrogens with zero attached hydrogens (tertiary/aromatic N) is 2. The van der Waals surface area contributed by atoms with Crippen LogP contribution < -0.4 is 9.62 Å². The molecule has 0 unspecified atom stereocenters. The van der Waals surface area contributed by atoms with Crippen LogP contribution in [0.5, 0.6) is 0 Å². The first-order chi connectivity index (χ1) is 18.8. The van der Waals surface area contributed by atoms with Gasteiger partial charge in [0.25, 0.3) is 10.0 Å². The summed E-state index contributed by atoms with van der Waals surface area (Å²) in [6.07, 6.45) is 0.722. The van der Waals surface area contributed by atoms with Gasteiger partial charge in [0.05, 0.1) is 15.6 Å². The molecule has 7 nitrogen and oxygen atoms in total. The third-order valence-corrected chi connectivity index (χ3v) is 9.04. The zero-order valence-electron chi connectivity index (χ0n) is 23.3. The highest BCUT2D eigenvalue weighted by molar-refractivity contribution is 7.92. The van der Waals surface area contributed by atoms with Crippen LogP contribution in [0.3, 0.4) is 0 Å². The highest BCUT2D eigenvalue weighted by Crippen LogP contribution is 2.33. The van der Waals surface area contributed by atoms with Crippen molar-refractivity contribution in [3.05, 3.63) is 93.5 Å². The maximum atomic E-state index is 14.0. The highest BCUT2D eigenvalue weighted by Gasteiger charge is 2.33. The maximum Gasteiger partial charge on any atom is 0.264 e. The molecule has 0 radical (unpaired) electrons. The van der Waals surface area contributed by atoms with Crippen LogP contribution in [0.25, 0.3) is 0 Å². The van der Waals surface area contributed by atoms with Crippen LogP contribution in [-0.4, -0.2) is 43.8 Å². The number of sulfonamides is 1. The van der Waals surface area contributed by atoms with Gasteiger partial charge in [0, 0.05) is 17.6 Å². The first-order valence-corrected chi connectivity index (χ1v) is 15.2. The number of nitrogens with one attached hydrogen (secondary N) is 1. The average Bonchev–Trinajstić information content (AvgIpc) is 2.92. The number of carbonyl (C=O) groups is 2. The number of hydrogen-bond acceptors (Lipinski definition) is 4. The summed E-state index contributed by atoms with van der Waals surface area (Å²) in [5.74, 6) is -0.900. The molecule has 10 heteroatoms. The fourth-order valence-corrected chi connectivity index (χ4v) is 5.83. The van der Waals surface area contributed by atoms with Gasteiger partial charge in [0.15, 0.2) is 0 Å². The second-order valence-electron chi connectivity index (χ2n) is 9.92. The quantitative estimate of drug-likeness (QED) is 0.285. The van der Waals surface area contributed by atoms with Crippen LogP contribution in [0.1, 0.15) is 43.9 Å². The van der Waals surface area contributed by atoms with E-state index in [9.17, 15) is 18.0 Å². The average molecular weight is 605 g/mol. The van der Waals surface area contributed by atoms with E-state index in [0.717, 1.165) is 27.4 Å². The van der Waals surface area contributed by atoms with Gasteiger partial charge < -0.3 is 10.2 Å². The SMILES string of the molecule is CC[C@H](C)NC(=O)[C@H](C)N(Cc1ccc(C)cc1)C(=O)CN(c1cc(Cl)ccc1Cl)S(=O)(=O)c1ccc(C)cc1. The minimum Gasteiger partial charge on any atom is -0.352 e. The van der Waals surface area contributed by atoms with E-state index in [-0.39, 0.29) is 39.1 Å². The lowest BCUT2D eigenvalue weighted by Gasteiger charge is -2.32. The summed E-state index contributed by atoms with van der Waals surface area (Å²) in [4.78, 5) is 28.5. The molecule has 1 N–H and O–H groups in total. The Hall–Kier alpha value is -3.07. The largest absolute Gasteiger partial charge is 0.352 e. The van der Waals surface area contributed by atoms with Crippen LogP contribution in [-0.2, 0) is 26.2 Å². The van der Waals surface area contributed by atoms with Gasteiger partial charge >= 0.3 is 0 Å². The standard InChI is InChI=1S/C30H35Cl2N3O4S/c1-6-22(4)33-30(37)23(5)34(18-24-11-7-20(2)8-12-24)29(36)19-35(28-17-25(31)13-16-27(28)32)40(38,39)26-14-9-21(3)10-15-26/h7-17,22-23H,6,18-19H2,1-5H3,(H,33,37)/t22-,23-/m0/s1. The highest BCUT2D eigenvalue weighted by atomic mass is 35.5. The lowest BCUT2D eigenvalue weighted by Crippen LogP contribution is -2.52. The van der Waals surface area contributed by atoms with Crippen LogP contribution in [0, 0.1) is 13.8 Å². The van der Waals surface area contributed by atoms with Gasteiger partial charge in [0.2, 0.25) is 11.8 Å². The molecule has 3 rings (SSSR count). The van der Waals surface area contributed by atoms with Gasteiger partial charge in [-0.25, -0.2) is 8.42 Å². The summed E-state index contributed by atoms with van der Waals surface area (Å²) < 4.78 is 28.8. The topological polar surface area (TPSA) is 86.8 Å². The van der Waals surface area contributed by atoms with Gasteiger partial charge in [-0.3, -0.25) is 13.9 Å². The van der Waals surface area contributed by atoms with Gasteiger partial charge in [-0.2, -0.15) is 0 Å². The molecule has 2 atom stereocenters. The molecule has 2 amide bonds. The predicted molar refractivity (Wildman–Crippen MR) is 161 cm³/mol. The Morgan fingerprint density at radius 1 is 0.900 bits per heavy atom. The molecule has 0 spiro atoms. The number of carbonyl (C=O) groups excluding carboxylic acids is 2. The molecule has 0 heterocycles. The van der Waals surface area contributed by atoms with E-state index in [2.05, 4.69) is 5.32 Å². The zero-order chi connectivity index (χ0) is 29.6. The molecule has 0 bridgehead atoms. The summed E-state index contributed by atoms with van der Waals surface area (Å²) in [7, 11) is -4.24. The summed E-state index contributed by atoms with van der Waals surface area (Å²) in [5, 5.41) is 3.29. The fourth-order valence-electron chi connectivity index (χ4n) is 3.97. The van der Waals surface area contributed by atoms with E-state index in [1.165, 1.54) is 35.2 Å². The number of hydrogen-bond donors (Lipinski definition) is 1. The maximum absolute atomic E-state index is 14.0. The summed E-state index contributed by atoms with van der Waals surface area (Å²) in [6.45, 7) is 8.78. The van der Waals surface area contributed by atoms with Crippen LogP contribution in [0.4, 0.5) is 5.69 Å². The Labute approximate surface area is 247 Å². The minimum atomic E-state index is -4.24. The second kappa shape index (κ2) is 13.5. The van der Waals surface area contributed by atoms with Gasteiger partial charge in [-0.05, 0) is 70.0 Å². The van der Waals surface area contributed by atoms with E-state index in [1.54, 1.807) is 19.1 Å². The molecule has 0 saturated carbocycles. The number of aryl methyl sites for hydroxylation is 2. The summed E-state index contributed by atoms with van der Waals surface area (Å²) in [6, 6.07) is 17.4. The molecule has 0 fully saturated rings. The Morgan fingerprint density at radius 3 is 2.05 bits per heavy atom. The monoisotopic (exact) mass is 603 g/mol. The van der Waals surface area contributed by atoms with Crippen molar-refractivity contribution in [1.29, 1.82) is 0 Å². The molecule has 0 saturated heterocycles. The third kappa shape index (κ3) is 7.77. The molecule has 0 aliphatic heterocycles. The van der Waals surface area contributed by atoms with Crippen LogP contribution in [0.2, 0.25) is 10.0 Å². The second-order valence-corrected chi connectivity index (χ2v) is 12.6. The van der Waals surface area contributed by atoms with Crippen molar-refractivity contribution in [3.8, 4) is 0 Å². The first kappa shape index (κ1) is 31.5. The zero-order valence-corrected chi connectivity index (χ0v) is 25.6. The van der Waals surface area contributed by atoms with Crippen molar-refractivity contribution >= 4 is 50.7 Å². The molecule has 3 aromatic rings. The smallest absolute Gasteiger partial charge is 0.264 e. The summed E-state index contributed by atoms with van der Waals surface area (Å²) >= 11 is 12.7. The molecule has 0 aliphatic rings. The van der Waals surface area contributed by atoms with Crippen molar-refractivity contribution in [3.63, 3.8) is 0 Å². The number of amides is 2. The Bertz CT molecular complexity index is 1440. The lowest BCUT2D eigenvalue weighted by molar-refractivity contribution is -0.139. The Balaban J connectivity index is 2.06. The van der Waals surface area contributed by atoms with E-state index in [0.29, 0.717) is 0 Å². The Kier molecular flexibility index (Phi) is 10.6. The molecular formula is C30H35Cl2N3O4S. The molecule has 214 valence electrons. The van der Waals surface area contributed by atoms with Gasteiger partial charge in [-0.15, -0.1) is 0 Å². The van der Waals surface area contributed by atoms with Gasteiger partial charge in [0.1, 0.15) is 12.6 Å². The minimum absolute atomic E-state index is 0.00501. The Morgan fingerprint density at radius 2 is 1.48 bits per heavy atom. The molecule has 40 heavy (non-hydrogen) atoms. The van der Waals surface area contributed by atoms with Crippen molar-refractivity contribution in [2.24, 2.45) is 0 Å². The molecule has 0 aliphatic carbocycles. The number of rotatable bonds is 11. The normalized spacial score (nSPS) is 12.9. The van der Waals surface area contributed by atoms with E-state index in [1.807, 2.05) is 52.0 Å². The molecular weight excluding hydrogens is 569 g/mol. The van der Waals surface area contributed by atoms with Crippen LogP contribution >= 0.6 is 23.2 Å². The van der Waals surface area contributed by atoms with E-state index >= 15 is 0 Å². The predicted octanol–water partition coefficient (Wildman–Crippen LogP) is 6.14. The number of benzene rings is 3. The van der Waals surface area contributed by atoms with Crippen LogP contribution in [0.15, 0.2) is 71.6 Å². The first-order valence-electron chi connectivity index (χ1n) is 13.0. The lowest BCUT2D eigenvalue weighted by atomic mass is 10.1. The van der Waals surface area contributed by atoms with Crippen molar-refractivity contribution < 1.29 is 18.0 Å². The number of anilines is 1. The van der Waals surface area contributed by atoms with Crippen molar-refractivity contribution in [1.82, 2.24) is 10.2 Å². The van der Waals surface area contributed by atoms with Crippen molar-refractivity contribution in [2.45, 2.75) is 64.6 Å². The van der Waals surface area contributed by atoms with E-state index in [4.69, 9.17) is 23.2 Å². The molecule has 0 aromatic heterocycles. The van der Waals surface area contributed by atoms with Gasteiger partial charge in [-0.1, -0.05) is 77.7 Å².